The molecular formula is C17H21N3O2S. The minimum Gasteiger partial charge on any atom is -0.351 e. The minimum absolute atomic E-state index is 0.0304. The third-order valence-corrected chi connectivity index (χ3v) is 5.89. The summed E-state index contributed by atoms with van der Waals surface area (Å²) in [6.45, 7) is 4.60. The molecule has 1 aliphatic carbocycles. The maximum absolute atomic E-state index is 13.0. The lowest BCUT2D eigenvalue weighted by Crippen LogP contribution is -2.39. The second-order valence-corrected chi connectivity index (χ2v) is 7.51. The van der Waals surface area contributed by atoms with Crippen LogP contribution in [0.4, 0.5) is 0 Å². The van der Waals surface area contributed by atoms with Crippen LogP contribution in [-0.2, 0) is 6.54 Å². The number of aryl methyl sites for hydroxylation is 1. The van der Waals surface area contributed by atoms with E-state index in [2.05, 4.69) is 27.3 Å². The Hall–Kier alpha value is -1.66. The molecule has 3 heterocycles. The van der Waals surface area contributed by atoms with Crippen LogP contribution in [0.3, 0.4) is 0 Å². The Kier molecular flexibility index (Phi) is 3.73. The summed E-state index contributed by atoms with van der Waals surface area (Å²) in [5, 5.41) is 11.5. The largest absolute Gasteiger partial charge is 0.351 e. The van der Waals surface area contributed by atoms with Crippen LogP contribution >= 0.6 is 11.3 Å². The molecule has 1 aliphatic heterocycles. The lowest BCUT2D eigenvalue weighted by molar-refractivity contribution is 0.0650. The highest BCUT2D eigenvalue weighted by molar-refractivity contribution is 7.07. The first-order valence-corrected chi connectivity index (χ1v) is 9.08. The van der Waals surface area contributed by atoms with Crippen LogP contribution in [0.5, 0.6) is 0 Å². The van der Waals surface area contributed by atoms with Crippen molar-refractivity contribution in [2.75, 3.05) is 13.1 Å². The first-order valence-electron chi connectivity index (χ1n) is 8.14. The number of carbonyl (C=O) groups excluding carboxylic acids is 1. The molecule has 122 valence electrons. The summed E-state index contributed by atoms with van der Waals surface area (Å²) in [4.78, 5) is 15.0. The van der Waals surface area contributed by atoms with Gasteiger partial charge in [-0.2, -0.15) is 11.3 Å². The van der Waals surface area contributed by atoms with Gasteiger partial charge in [-0.15, -0.1) is 0 Å². The third-order valence-electron chi connectivity index (χ3n) is 5.15. The van der Waals surface area contributed by atoms with Gasteiger partial charge in [-0.3, -0.25) is 4.79 Å². The van der Waals surface area contributed by atoms with Crippen LogP contribution in [0.2, 0.25) is 0 Å². The SMILES string of the molecule is Cc1cc(C(=O)N(Cc2ccsc2)[C@H]2CC23CCNCC3)on1. The van der Waals surface area contributed by atoms with Crippen molar-refractivity contribution in [3.8, 4) is 0 Å². The van der Waals surface area contributed by atoms with E-state index in [1.54, 1.807) is 17.4 Å². The van der Waals surface area contributed by atoms with Crippen LogP contribution < -0.4 is 5.32 Å². The molecule has 0 radical (unpaired) electrons. The van der Waals surface area contributed by atoms with Crippen molar-refractivity contribution < 1.29 is 9.32 Å². The molecule has 5 nitrogen and oxygen atoms in total. The maximum atomic E-state index is 13.0. The lowest BCUT2D eigenvalue weighted by Gasteiger charge is -2.29. The molecule has 6 heteroatoms. The average molecular weight is 331 g/mol. The van der Waals surface area contributed by atoms with Crippen molar-refractivity contribution >= 4 is 17.2 Å². The van der Waals surface area contributed by atoms with E-state index in [1.165, 1.54) is 5.56 Å². The summed E-state index contributed by atoms with van der Waals surface area (Å²) in [6, 6.07) is 4.15. The molecule has 2 aromatic rings. The zero-order valence-electron chi connectivity index (χ0n) is 13.2. The fourth-order valence-corrected chi connectivity index (χ4v) is 4.40. The van der Waals surface area contributed by atoms with Gasteiger partial charge >= 0.3 is 0 Å². The Morgan fingerprint density at radius 1 is 1.52 bits per heavy atom. The van der Waals surface area contributed by atoms with Crippen LogP contribution in [0.25, 0.3) is 0 Å². The fraction of sp³-hybridized carbons (Fsp3) is 0.529. The van der Waals surface area contributed by atoms with Crippen LogP contribution in [0.1, 0.15) is 41.1 Å². The second-order valence-electron chi connectivity index (χ2n) is 6.73. The van der Waals surface area contributed by atoms with Gasteiger partial charge in [0.25, 0.3) is 5.91 Å². The number of nitrogens with zero attached hydrogens (tertiary/aromatic N) is 2. The minimum atomic E-state index is -0.0304. The van der Waals surface area contributed by atoms with Crippen LogP contribution in [-0.4, -0.2) is 35.1 Å². The van der Waals surface area contributed by atoms with E-state index in [9.17, 15) is 4.79 Å². The number of hydrogen-bond donors (Lipinski definition) is 1. The van der Waals surface area contributed by atoms with Gasteiger partial charge in [-0.25, -0.2) is 0 Å². The number of aromatic nitrogens is 1. The van der Waals surface area contributed by atoms with Gasteiger partial charge in [0.05, 0.1) is 5.69 Å². The Morgan fingerprint density at radius 2 is 2.35 bits per heavy atom. The Morgan fingerprint density at radius 3 is 3.00 bits per heavy atom. The number of piperidine rings is 1. The quantitative estimate of drug-likeness (QED) is 0.936. The third kappa shape index (κ3) is 2.81. The van der Waals surface area contributed by atoms with Crippen molar-refractivity contribution in [3.05, 3.63) is 39.9 Å². The lowest BCUT2D eigenvalue weighted by atomic mass is 9.93. The van der Waals surface area contributed by atoms with Crippen molar-refractivity contribution in [1.82, 2.24) is 15.4 Å². The molecule has 2 fully saturated rings. The Labute approximate surface area is 139 Å². The predicted octanol–water partition coefficient (Wildman–Crippen LogP) is 2.83. The number of hydrogen-bond acceptors (Lipinski definition) is 5. The summed E-state index contributed by atoms with van der Waals surface area (Å²) >= 11 is 1.67. The highest BCUT2D eigenvalue weighted by atomic mass is 32.1. The molecule has 1 amide bonds. The van der Waals surface area contributed by atoms with Gasteiger partial charge in [-0.1, -0.05) is 5.16 Å². The fourth-order valence-electron chi connectivity index (χ4n) is 3.74. The average Bonchev–Trinajstić information content (AvgIpc) is 2.97. The van der Waals surface area contributed by atoms with E-state index in [4.69, 9.17) is 4.52 Å². The topological polar surface area (TPSA) is 58.4 Å². The summed E-state index contributed by atoms with van der Waals surface area (Å²) < 4.78 is 5.23. The van der Waals surface area contributed by atoms with E-state index in [1.807, 2.05) is 11.8 Å². The highest BCUT2D eigenvalue weighted by Crippen LogP contribution is 2.56. The normalized spacial score (nSPS) is 22.2. The smallest absolute Gasteiger partial charge is 0.293 e. The van der Waals surface area contributed by atoms with E-state index < -0.39 is 0 Å². The zero-order valence-corrected chi connectivity index (χ0v) is 14.1. The van der Waals surface area contributed by atoms with Crippen LogP contribution in [0, 0.1) is 12.3 Å². The van der Waals surface area contributed by atoms with E-state index in [0.29, 0.717) is 23.8 Å². The van der Waals surface area contributed by atoms with Gasteiger partial charge in [0.2, 0.25) is 5.76 Å². The molecular weight excluding hydrogens is 310 g/mol. The molecule has 1 spiro atoms. The van der Waals surface area contributed by atoms with E-state index in [-0.39, 0.29) is 5.91 Å². The van der Waals surface area contributed by atoms with Crippen molar-refractivity contribution in [1.29, 1.82) is 0 Å². The standard InChI is InChI=1S/C17H21N3O2S/c1-12-8-14(22-19-12)16(21)20(10-13-2-7-23-11-13)15-9-17(15)3-5-18-6-4-17/h2,7-8,11,15,18H,3-6,9-10H2,1H3/t15-/m0/s1. The maximum Gasteiger partial charge on any atom is 0.293 e. The molecule has 2 aliphatic rings. The zero-order chi connectivity index (χ0) is 15.9. The van der Waals surface area contributed by atoms with E-state index >= 15 is 0 Å². The van der Waals surface area contributed by atoms with Crippen molar-refractivity contribution in [2.24, 2.45) is 5.41 Å². The summed E-state index contributed by atoms with van der Waals surface area (Å²) in [6.07, 6.45) is 3.42. The van der Waals surface area contributed by atoms with Crippen molar-refractivity contribution in [2.45, 2.75) is 38.8 Å². The first kappa shape index (κ1) is 14.9. The van der Waals surface area contributed by atoms with Gasteiger partial charge in [0, 0.05) is 18.7 Å². The number of thiophene rings is 1. The molecule has 0 unspecified atom stereocenters. The molecule has 23 heavy (non-hydrogen) atoms. The second kappa shape index (κ2) is 5.76. The molecule has 1 saturated heterocycles. The number of nitrogens with one attached hydrogen (secondary N) is 1. The Balaban J connectivity index is 1.58. The molecule has 4 rings (SSSR count). The first-order chi connectivity index (χ1) is 11.2. The van der Waals surface area contributed by atoms with E-state index in [0.717, 1.165) is 38.0 Å². The molecule has 1 saturated carbocycles. The number of amides is 1. The molecule has 0 aromatic carbocycles. The van der Waals surface area contributed by atoms with Gasteiger partial charge in [0.1, 0.15) is 0 Å². The summed E-state index contributed by atoms with van der Waals surface area (Å²) in [5.74, 6) is 0.325. The molecule has 2 aromatic heterocycles. The van der Waals surface area contributed by atoms with Crippen LogP contribution in [0.15, 0.2) is 27.4 Å². The predicted molar refractivity (Wildman–Crippen MR) is 88.4 cm³/mol. The van der Waals surface area contributed by atoms with Gasteiger partial charge < -0.3 is 14.7 Å². The van der Waals surface area contributed by atoms with Gasteiger partial charge in [-0.05, 0) is 67.1 Å². The molecule has 1 atom stereocenters. The highest BCUT2D eigenvalue weighted by Gasteiger charge is 2.58. The molecule has 1 N–H and O–H groups in total. The van der Waals surface area contributed by atoms with Gasteiger partial charge in [0.15, 0.2) is 0 Å². The Bertz CT molecular complexity index is 689. The monoisotopic (exact) mass is 331 g/mol. The van der Waals surface area contributed by atoms with Crippen molar-refractivity contribution in [3.63, 3.8) is 0 Å². The summed E-state index contributed by atoms with van der Waals surface area (Å²) in [7, 11) is 0. The number of carbonyl (C=O) groups is 1. The summed E-state index contributed by atoms with van der Waals surface area (Å²) in [5.41, 5.74) is 2.25. The number of rotatable bonds is 4. The molecule has 0 bridgehead atoms.